The zero-order chi connectivity index (χ0) is 9.42. The fourth-order valence-electron chi connectivity index (χ4n) is 1.85. The van der Waals surface area contributed by atoms with E-state index < -0.39 is 0 Å². The molecule has 2 N–H and O–H groups in total. The minimum absolute atomic E-state index is 0.556. The first-order valence-corrected chi connectivity index (χ1v) is 4.97. The molecular weight excluding hydrogens is 162 g/mol. The molecule has 3 nitrogen and oxygen atoms in total. The number of hydrogen-bond donors (Lipinski definition) is 1. The van der Waals surface area contributed by atoms with Crippen molar-refractivity contribution in [2.24, 2.45) is 11.7 Å². The molecule has 0 aliphatic heterocycles. The van der Waals surface area contributed by atoms with Crippen LogP contribution in [0.25, 0.3) is 0 Å². The quantitative estimate of drug-likeness (QED) is 0.766. The van der Waals surface area contributed by atoms with Crippen LogP contribution in [-0.2, 0) is 6.54 Å². The second kappa shape index (κ2) is 3.14. The topological polar surface area (TPSA) is 43.8 Å². The molecule has 0 aromatic carbocycles. The van der Waals surface area contributed by atoms with Gasteiger partial charge in [0, 0.05) is 17.8 Å². The van der Waals surface area contributed by atoms with E-state index in [2.05, 4.69) is 23.6 Å². The summed E-state index contributed by atoms with van der Waals surface area (Å²) in [6, 6.07) is 0.556. The summed E-state index contributed by atoms with van der Waals surface area (Å²) in [7, 11) is 0. The van der Waals surface area contributed by atoms with Crippen LogP contribution in [0.15, 0.2) is 6.20 Å². The van der Waals surface area contributed by atoms with E-state index in [1.807, 2.05) is 6.20 Å². The second-order valence-corrected chi connectivity index (χ2v) is 3.98. The summed E-state index contributed by atoms with van der Waals surface area (Å²) in [6.07, 6.45) is 4.62. The van der Waals surface area contributed by atoms with Crippen LogP contribution < -0.4 is 5.73 Å². The molecule has 1 heterocycles. The monoisotopic (exact) mass is 179 g/mol. The first kappa shape index (κ1) is 8.75. The van der Waals surface area contributed by atoms with E-state index in [9.17, 15) is 0 Å². The predicted octanol–water partition coefficient (Wildman–Crippen LogP) is 1.62. The molecule has 0 amide bonds. The molecule has 1 atom stereocenters. The molecule has 0 radical (unpaired) electrons. The number of hydrogen-bond acceptors (Lipinski definition) is 2. The third-order valence-electron chi connectivity index (χ3n) is 3.06. The van der Waals surface area contributed by atoms with Gasteiger partial charge in [-0.1, -0.05) is 0 Å². The number of nitrogens with zero attached hydrogens (tertiary/aromatic N) is 2. The first-order chi connectivity index (χ1) is 6.24. The highest BCUT2D eigenvalue weighted by atomic mass is 15.3. The summed E-state index contributed by atoms with van der Waals surface area (Å²) in [6.45, 7) is 4.95. The van der Waals surface area contributed by atoms with Crippen molar-refractivity contribution < 1.29 is 0 Å². The Balaban J connectivity index is 2.23. The second-order valence-electron chi connectivity index (χ2n) is 3.98. The summed E-state index contributed by atoms with van der Waals surface area (Å²) >= 11 is 0. The van der Waals surface area contributed by atoms with Gasteiger partial charge < -0.3 is 5.73 Å². The Labute approximate surface area is 78.9 Å². The summed E-state index contributed by atoms with van der Waals surface area (Å²) in [5, 5.41) is 4.38. The fraction of sp³-hybridized carbons (Fsp3) is 0.700. The van der Waals surface area contributed by atoms with Crippen LogP contribution in [0.3, 0.4) is 0 Å². The van der Waals surface area contributed by atoms with E-state index in [0.29, 0.717) is 12.6 Å². The van der Waals surface area contributed by atoms with Gasteiger partial charge >= 0.3 is 0 Å². The molecule has 3 heteroatoms. The van der Waals surface area contributed by atoms with Gasteiger partial charge in [-0.15, -0.1) is 0 Å². The van der Waals surface area contributed by atoms with E-state index >= 15 is 0 Å². The minimum atomic E-state index is 0.556. The zero-order valence-electron chi connectivity index (χ0n) is 8.33. The van der Waals surface area contributed by atoms with Gasteiger partial charge in [-0.2, -0.15) is 5.10 Å². The zero-order valence-corrected chi connectivity index (χ0v) is 8.33. The standard InChI is InChI=1S/C10H17N3/c1-7(9-3-4-9)13-8(2)10(5-11)6-12-13/h6-7,9H,3-5,11H2,1-2H3. The van der Waals surface area contributed by atoms with Crippen LogP contribution in [0.1, 0.15) is 37.1 Å². The highest BCUT2D eigenvalue weighted by Gasteiger charge is 2.30. The average molecular weight is 179 g/mol. The van der Waals surface area contributed by atoms with Gasteiger partial charge in [0.25, 0.3) is 0 Å². The lowest BCUT2D eigenvalue weighted by atomic mass is 10.2. The van der Waals surface area contributed by atoms with E-state index in [0.717, 1.165) is 5.92 Å². The molecule has 0 spiro atoms. The lowest BCUT2D eigenvalue weighted by Gasteiger charge is -2.13. The van der Waals surface area contributed by atoms with Crippen molar-refractivity contribution in [2.45, 2.75) is 39.3 Å². The lowest BCUT2D eigenvalue weighted by molar-refractivity contribution is 0.430. The summed E-state index contributed by atoms with van der Waals surface area (Å²) in [5.74, 6) is 0.851. The molecule has 1 aromatic rings. The SMILES string of the molecule is Cc1c(CN)cnn1C(C)C1CC1. The molecule has 1 fully saturated rings. The number of nitrogens with two attached hydrogens (primary N) is 1. The van der Waals surface area contributed by atoms with Crippen molar-refractivity contribution >= 4 is 0 Å². The Morgan fingerprint density at radius 2 is 2.38 bits per heavy atom. The highest BCUT2D eigenvalue weighted by molar-refractivity contribution is 5.16. The van der Waals surface area contributed by atoms with E-state index in [-0.39, 0.29) is 0 Å². The smallest absolute Gasteiger partial charge is 0.0537 e. The summed E-state index contributed by atoms with van der Waals surface area (Å²) in [4.78, 5) is 0. The molecule has 0 bridgehead atoms. The molecule has 1 aromatic heterocycles. The molecule has 1 saturated carbocycles. The molecule has 1 unspecified atom stereocenters. The number of rotatable bonds is 3. The maximum absolute atomic E-state index is 5.60. The molecule has 2 rings (SSSR count). The fourth-order valence-corrected chi connectivity index (χ4v) is 1.85. The van der Waals surface area contributed by atoms with Crippen molar-refractivity contribution in [1.82, 2.24) is 9.78 Å². The normalized spacial score (nSPS) is 19.0. The molecular formula is C10H17N3. The van der Waals surface area contributed by atoms with Crippen LogP contribution in [0.2, 0.25) is 0 Å². The van der Waals surface area contributed by atoms with Crippen molar-refractivity contribution in [1.29, 1.82) is 0 Å². The van der Waals surface area contributed by atoms with Crippen molar-refractivity contribution in [3.63, 3.8) is 0 Å². The Bertz CT molecular complexity index is 299. The van der Waals surface area contributed by atoms with Crippen molar-refractivity contribution in [3.05, 3.63) is 17.5 Å². The Kier molecular flexibility index (Phi) is 2.12. The van der Waals surface area contributed by atoms with Gasteiger partial charge in [-0.25, -0.2) is 0 Å². The van der Waals surface area contributed by atoms with Gasteiger partial charge in [0.15, 0.2) is 0 Å². The van der Waals surface area contributed by atoms with Gasteiger partial charge in [0.2, 0.25) is 0 Å². The molecule has 1 aliphatic carbocycles. The maximum Gasteiger partial charge on any atom is 0.0537 e. The third kappa shape index (κ3) is 1.48. The van der Waals surface area contributed by atoms with Gasteiger partial charge in [0.05, 0.1) is 12.2 Å². The average Bonchev–Trinajstić information content (AvgIpc) is 2.89. The van der Waals surface area contributed by atoms with Crippen molar-refractivity contribution in [3.8, 4) is 0 Å². The van der Waals surface area contributed by atoms with Gasteiger partial charge in [0.1, 0.15) is 0 Å². The maximum atomic E-state index is 5.60. The largest absolute Gasteiger partial charge is 0.326 e. The summed E-state index contributed by atoms with van der Waals surface area (Å²) < 4.78 is 2.12. The lowest BCUT2D eigenvalue weighted by Crippen LogP contribution is -2.11. The Morgan fingerprint density at radius 1 is 1.69 bits per heavy atom. The van der Waals surface area contributed by atoms with Gasteiger partial charge in [-0.3, -0.25) is 4.68 Å². The van der Waals surface area contributed by atoms with Crippen LogP contribution in [-0.4, -0.2) is 9.78 Å². The molecule has 13 heavy (non-hydrogen) atoms. The Hall–Kier alpha value is -0.830. The van der Waals surface area contributed by atoms with Crippen LogP contribution in [0, 0.1) is 12.8 Å². The van der Waals surface area contributed by atoms with Crippen LogP contribution in [0.5, 0.6) is 0 Å². The highest BCUT2D eigenvalue weighted by Crippen LogP contribution is 2.39. The van der Waals surface area contributed by atoms with Crippen LogP contribution in [0.4, 0.5) is 0 Å². The van der Waals surface area contributed by atoms with E-state index in [4.69, 9.17) is 5.73 Å². The number of aromatic nitrogens is 2. The molecule has 72 valence electrons. The third-order valence-corrected chi connectivity index (χ3v) is 3.06. The van der Waals surface area contributed by atoms with Crippen molar-refractivity contribution in [2.75, 3.05) is 0 Å². The minimum Gasteiger partial charge on any atom is -0.326 e. The van der Waals surface area contributed by atoms with Gasteiger partial charge in [-0.05, 0) is 32.6 Å². The molecule has 1 aliphatic rings. The Morgan fingerprint density at radius 3 is 2.85 bits per heavy atom. The van der Waals surface area contributed by atoms with Crippen LogP contribution >= 0.6 is 0 Å². The van der Waals surface area contributed by atoms with E-state index in [1.54, 1.807) is 0 Å². The summed E-state index contributed by atoms with van der Waals surface area (Å²) in [5.41, 5.74) is 8.01. The molecule has 0 saturated heterocycles. The van der Waals surface area contributed by atoms with E-state index in [1.165, 1.54) is 24.1 Å². The predicted molar refractivity (Wildman–Crippen MR) is 52.3 cm³/mol. The first-order valence-electron chi connectivity index (χ1n) is 4.97.